The molecule has 1 amide bonds. The van der Waals surface area contributed by atoms with Gasteiger partial charge < -0.3 is 19.2 Å². The highest BCUT2D eigenvalue weighted by molar-refractivity contribution is 5.93. The number of methoxy groups -OCH3 is 1. The van der Waals surface area contributed by atoms with Crippen LogP contribution < -0.4 is 0 Å². The molecule has 0 aliphatic carbocycles. The molecule has 0 bridgehead atoms. The average Bonchev–Trinajstić information content (AvgIpc) is 2.85. The van der Waals surface area contributed by atoms with E-state index < -0.39 is 11.9 Å². The minimum Gasteiger partial charge on any atom is -0.480 e. The van der Waals surface area contributed by atoms with E-state index in [2.05, 4.69) is 0 Å². The van der Waals surface area contributed by atoms with Crippen molar-refractivity contribution in [2.24, 2.45) is 0 Å². The maximum atomic E-state index is 12.3. The summed E-state index contributed by atoms with van der Waals surface area (Å²) in [4.78, 5) is 24.3. The Morgan fingerprint density at radius 3 is 2.50 bits per heavy atom. The lowest BCUT2D eigenvalue weighted by atomic mass is 10.1. The summed E-state index contributed by atoms with van der Waals surface area (Å²) in [6, 6.07) is 1.70. The molecule has 1 heterocycles. The summed E-state index contributed by atoms with van der Waals surface area (Å²) in [5, 5.41) is 8.87. The summed E-state index contributed by atoms with van der Waals surface area (Å²) in [5.41, 5.74) is 0.984. The van der Waals surface area contributed by atoms with Crippen molar-refractivity contribution >= 4 is 11.9 Å². The Morgan fingerprint density at radius 1 is 1.35 bits per heavy atom. The normalized spacial score (nSPS) is 10.6. The summed E-state index contributed by atoms with van der Waals surface area (Å²) >= 11 is 0. The predicted molar refractivity (Wildman–Crippen MR) is 72.9 cm³/mol. The molecule has 0 atom stereocenters. The lowest BCUT2D eigenvalue weighted by molar-refractivity contribution is -0.137. The third-order valence-corrected chi connectivity index (χ3v) is 2.99. The highest BCUT2D eigenvalue weighted by atomic mass is 16.5. The topological polar surface area (TPSA) is 80.0 Å². The molecular formula is C14H21NO5. The second-order valence-electron chi connectivity index (χ2n) is 4.38. The number of furan rings is 1. The Kier molecular flexibility index (Phi) is 6.24. The van der Waals surface area contributed by atoms with E-state index in [9.17, 15) is 9.59 Å². The minimum absolute atomic E-state index is 0.191. The zero-order valence-corrected chi connectivity index (χ0v) is 12.1. The maximum absolute atomic E-state index is 12.3. The number of nitrogens with zero attached hydrogens (tertiary/aromatic N) is 1. The van der Waals surface area contributed by atoms with Gasteiger partial charge in [-0.1, -0.05) is 13.8 Å². The number of ether oxygens (including phenoxy) is 1. The van der Waals surface area contributed by atoms with Gasteiger partial charge in [0, 0.05) is 20.1 Å². The van der Waals surface area contributed by atoms with Crippen molar-refractivity contribution < 1.29 is 23.8 Å². The van der Waals surface area contributed by atoms with Crippen molar-refractivity contribution in [2.45, 2.75) is 26.7 Å². The molecule has 0 saturated carbocycles. The smallest absolute Gasteiger partial charge is 0.323 e. The van der Waals surface area contributed by atoms with Crippen LogP contribution in [0.1, 0.15) is 35.7 Å². The predicted octanol–water partition coefficient (Wildman–Crippen LogP) is 1.58. The van der Waals surface area contributed by atoms with E-state index in [0.29, 0.717) is 6.42 Å². The van der Waals surface area contributed by atoms with Crippen molar-refractivity contribution in [3.8, 4) is 0 Å². The van der Waals surface area contributed by atoms with Crippen molar-refractivity contribution in [3.63, 3.8) is 0 Å². The monoisotopic (exact) mass is 283 g/mol. The van der Waals surface area contributed by atoms with Crippen LogP contribution >= 0.6 is 0 Å². The third kappa shape index (κ3) is 4.09. The number of carbonyl (C=O) groups excluding carboxylic acids is 1. The van der Waals surface area contributed by atoms with Crippen LogP contribution in [-0.4, -0.2) is 48.7 Å². The average molecular weight is 283 g/mol. The highest BCUT2D eigenvalue weighted by Gasteiger charge is 2.22. The summed E-state index contributed by atoms with van der Waals surface area (Å²) in [7, 11) is 1.50. The van der Waals surface area contributed by atoms with E-state index in [1.807, 2.05) is 13.8 Å². The van der Waals surface area contributed by atoms with Crippen LogP contribution in [0, 0.1) is 0 Å². The van der Waals surface area contributed by atoms with E-state index in [4.69, 9.17) is 14.3 Å². The standard InChI is InChI=1S/C14H21NO5/c1-4-10-8-12(20-11(10)5-2)14(18)15(6-7-19-3)9-13(16)17/h8H,4-7,9H2,1-3H3,(H,16,17). The van der Waals surface area contributed by atoms with Gasteiger partial charge in [0.15, 0.2) is 5.76 Å². The summed E-state index contributed by atoms with van der Waals surface area (Å²) < 4.78 is 10.4. The van der Waals surface area contributed by atoms with Crippen molar-refractivity contribution in [1.29, 1.82) is 0 Å². The Labute approximate surface area is 118 Å². The van der Waals surface area contributed by atoms with Gasteiger partial charge in [0.25, 0.3) is 5.91 Å². The second kappa shape index (κ2) is 7.69. The maximum Gasteiger partial charge on any atom is 0.323 e. The van der Waals surface area contributed by atoms with E-state index >= 15 is 0 Å². The molecule has 0 unspecified atom stereocenters. The number of carboxylic acids is 1. The number of rotatable bonds is 8. The van der Waals surface area contributed by atoms with Gasteiger partial charge in [0.2, 0.25) is 0 Å². The number of aryl methyl sites for hydroxylation is 2. The summed E-state index contributed by atoms with van der Waals surface area (Å²) in [6.07, 6.45) is 1.48. The minimum atomic E-state index is -1.06. The van der Waals surface area contributed by atoms with Crippen LogP contribution in [-0.2, 0) is 22.4 Å². The van der Waals surface area contributed by atoms with Crippen molar-refractivity contribution in [1.82, 2.24) is 4.90 Å². The zero-order chi connectivity index (χ0) is 15.1. The molecular weight excluding hydrogens is 262 g/mol. The first kappa shape index (κ1) is 16.2. The van der Waals surface area contributed by atoms with Gasteiger partial charge in [0.05, 0.1) is 6.61 Å². The molecule has 0 aliphatic rings. The SMILES string of the molecule is CCc1cc(C(=O)N(CCOC)CC(=O)O)oc1CC. The molecule has 0 radical (unpaired) electrons. The number of hydrogen-bond acceptors (Lipinski definition) is 4. The first-order valence-electron chi connectivity index (χ1n) is 6.65. The van der Waals surface area contributed by atoms with Crippen molar-refractivity contribution in [2.75, 3.05) is 26.8 Å². The number of amides is 1. The molecule has 1 aromatic rings. The fourth-order valence-electron chi connectivity index (χ4n) is 1.94. The Balaban J connectivity index is 2.92. The molecule has 20 heavy (non-hydrogen) atoms. The lowest BCUT2D eigenvalue weighted by Gasteiger charge is -2.18. The van der Waals surface area contributed by atoms with Crippen LogP contribution in [0.4, 0.5) is 0 Å². The quantitative estimate of drug-likeness (QED) is 0.783. The van der Waals surface area contributed by atoms with Crippen molar-refractivity contribution in [3.05, 3.63) is 23.2 Å². The van der Waals surface area contributed by atoms with Gasteiger partial charge in [-0.05, 0) is 18.1 Å². The van der Waals surface area contributed by atoms with E-state index in [0.717, 1.165) is 17.7 Å². The fourth-order valence-corrected chi connectivity index (χ4v) is 1.94. The molecule has 112 valence electrons. The number of aliphatic carboxylic acids is 1. The molecule has 6 nitrogen and oxygen atoms in total. The van der Waals surface area contributed by atoms with Crippen LogP contribution in [0.15, 0.2) is 10.5 Å². The summed E-state index contributed by atoms with van der Waals surface area (Å²) in [6.45, 7) is 4.06. The molecule has 0 aromatic carbocycles. The van der Waals surface area contributed by atoms with Crippen LogP contribution in [0.25, 0.3) is 0 Å². The second-order valence-corrected chi connectivity index (χ2v) is 4.38. The first-order valence-corrected chi connectivity index (χ1v) is 6.65. The summed E-state index contributed by atoms with van der Waals surface area (Å²) in [5.74, 6) is -0.514. The number of carboxylic acid groups (broad SMARTS) is 1. The molecule has 0 spiro atoms. The van der Waals surface area contributed by atoms with E-state index in [1.165, 1.54) is 12.0 Å². The molecule has 0 aliphatic heterocycles. The third-order valence-electron chi connectivity index (χ3n) is 2.99. The zero-order valence-electron chi connectivity index (χ0n) is 12.1. The van der Waals surface area contributed by atoms with E-state index in [1.54, 1.807) is 6.07 Å². The van der Waals surface area contributed by atoms with Crippen LogP contribution in [0.3, 0.4) is 0 Å². The van der Waals surface area contributed by atoms with Crippen LogP contribution in [0.5, 0.6) is 0 Å². The number of carbonyl (C=O) groups is 2. The molecule has 1 N–H and O–H groups in total. The van der Waals surface area contributed by atoms with Gasteiger partial charge in [-0.3, -0.25) is 9.59 Å². The largest absolute Gasteiger partial charge is 0.480 e. The first-order chi connectivity index (χ1) is 9.53. The van der Waals surface area contributed by atoms with E-state index in [-0.39, 0.29) is 25.5 Å². The van der Waals surface area contributed by atoms with Gasteiger partial charge in [-0.2, -0.15) is 0 Å². The fraction of sp³-hybridized carbons (Fsp3) is 0.571. The molecule has 6 heteroatoms. The molecule has 0 fully saturated rings. The Hall–Kier alpha value is -1.82. The molecule has 0 saturated heterocycles. The highest BCUT2D eigenvalue weighted by Crippen LogP contribution is 2.18. The lowest BCUT2D eigenvalue weighted by Crippen LogP contribution is -2.37. The van der Waals surface area contributed by atoms with Gasteiger partial charge in [-0.25, -0.2) is 0 Å². The Bertz CT molecular complexity index is 445. The van der Waals surface area contributed by atoms with Gasteiger partial charge in [-0.15, -0.1) is 0 Å². The Morgan fingerprint density at radius 2 is 2.05 bits per heavy atom. The van der Waals surface area contributed by atoms with Crippen LogP contribution in [0.2, 0.25) is 0 Å². The number of hydrogen-bond donors (Lipinski definition) is 1. The molecule has 1 rings (SSSR count). The molecule has 1 aromatic heterocycles. The van der Waals surface area contributed by atoms with Gasteiger partial charge in [0.1, 0.15) is 12.3 Å². The van der Waals surface area contributed by atoms with Gasteiger partial charge >= 0.3 is 5.97 Å².